The molecule has 4 rings (SSSR count). The van der Waals surface area contributed by atoms with Gasteiger partial charge in [-0.1, -0.05) is 0 Å². The predicted molar refractivity (Wildman–Crippen MR) is 116 cm³/mol. The van der Waals surface area contributed by atoms with Gasteiger partial charge in [-0.05, 0) is 48.5 Å². The van der Waals surface area contributed by atoms with Crippen LogP contribution < -0.4 is 25.1 Å². The summed E-state index contributed by atoms with van der Waals surface area (Å²) in [6, 6.07) is 13.3. The van der Waals surface area contributed by atoms with Crippen LogP contribution in [0.2, 0.25) is 0 Å². The first kappa shape index (κ1) is 22.0. The summed E-state index contributed by atoms with van der Waals surface area (Å²) in [7, 11) is -3.98. The number of anilines is 1. The molecule has 2 heterocycles. The third-order valence-corrected chi connectivity index (χ3v) is 6.00. The highest BCUT2D eigenvalue weighted by molar-refractivity contribution is 7.90. The van der Waals surface area contributed by atoms with Crippen LogP contribution in [0.3, 0.4) is 0 Å². The van der Waals surface area contributed by atoms with E-state index >= 15 is 0 Å². The van der Waals surface area contributed by atoms with Crippen molar-refractivity contribution in [2.75, 3.05) is 12.1 Å². The number of sulfonamides is 1. The van der Waals surface area contributed by atoms with Crippen molar-refractivity contribution < 1.29 is 27.5 Å². The van der Waals surface area contributed by atoms with Gasteiger partial charge in [0.25, 0.3) is 15.6 Å². The second kappa shape index (κ2) is 8.74. The number of aromatic nitrogens is 2. The van der Waals surface area contributed by atoms with Crippen molar-refractivity contribution in [1.29, 1.82) is 0 Å². The van der Waals surface area contributed by atoms with E-state index in [1.165, 1.54) is 30.3 Å². The van der Waals surface area contributed by atoms with Crippen molar-refractivity contribution in [1.82, 2.24) is 14.5 Å². The fraction of sp³-hybridized carbons (Fsp3) is 0.143. The van der Waals surface area contributed by atoms with Crippen molar-refractivity contribution in [3.63, 3.8) is 0 Å². The van der Waals surface area contributed by atoms with Gasteiger partial charge in [-0.25, -0.2) is 17.8 Å². The molecule has 170 valence electrons. The summed E-state index contributed by atoms with van der Waals surface area (Å²) in [6.07, 6.45) is 0. The summed E-state index contributed by atoms with van der Waals surface area (Å²) >= 11 is 0. The maximum Gasteiger partial charge on any atom is 0.267 e. The van der Waals surface area contributed by atoms with Gasteiger partial charge < -0.3 is 14.8 Å². The van der Waals surface area contributed by atoms with Crippen molar-refractivity contribution in [3.05, 3.63) is 65.0 Å². The number of nitrogens with one attached hydrogen (secondary N) is 2. The van der Waals surface area contributed by atoms with Crippen LogP contribution in [-0.4, -0.2) is 36.8 Å². The second-order valence-electron chi connectivity index (χ2n) is 7.02. The lowest BCUT2D eigenvalue weighted by molar-refractivity contribution is -0.118. The van der Waals surface area contributed by atoms with Gasteiger partial charge in [-0.3, -0.25) is 14.4 Å². The molecule has 11 nitrogen and oxygen atoms in total. The van der Waals surface area contributed by atoms with Crippen LogP contribution in [0.25, 0.3) is 11.3 Å². The fourth-order valence-corrected chi connectivity index (χ4v) is 4.06. The van der Waals surface area contributed by atoms with E-state index in [1.807, 2.05) is 4.72 Å². The molecule has 0 saturated heterocycles. The first-order valence-corrected chi connectivity index (χ1v) is 11.1. The van der Waals surface area contributed by atoms with Gasteiger partial charge >= 0.3 is 0 Å². The smallest absolute Gasteiger partial charge is 0.267 e. The van der Waals surface area contributed by atoms with Crippen molar-refractivity contribution in [2.45, 2.75) is 18.4 Å². The molecule has 0 atom stereocenters. The van der Waals surface area contributed by atoms with Gasteiger partial charge in [0, 0.05) is 24.2 Å². The lowest BCUT2D eigenvalue weighted by Gasteiger charge is -2.10. The minimum atomic E-state index is -3.98. The minimum Gasteiger partial charge on any atom is -0.454 e. The molecule has 2 amide bonds. The number of rotatable bonds is 6. The standard InChI is InChI=1S/C21H18N4O7S/c1-13(26)24-33(29,30)16-5-3-15(4-6-16)22-20(27)11-25-21(28)9-7-17(23-25)14-2-8-18-19(10-14)32-12-31-18/h2-10H,11-12H2,1H3,(H,22,27)(H,24,26). The van der Waals surface area contributed by atoms with E-state index < -0.39 is 27.4 Å². The zero-order valence-corrected chi connectivity index (χ0v) is 18.1. The van der Waals surface area contributed by atoms with Gasteiger partial charge in [0.05, 0.1) is 10.6 Å². The van der Waals surface area contributed by atoms with Crippen LogP contribution in [0, 0.1) is 0 Å². The molecule has 12 heteroatoms. The van der Waals surface area contributed by atoms with E-state index in [4.69, 9.17) is 9.47 Å². The Morgan fingerprint density at radius 2 is 1.76 bits per heavy atom. The van der Waals surface area contributed by atoms with Gasteiger partial charge in [0.2, 0.25) is 18.6 Å². The molecule has 2 N–H and O–H groups in total. The molecule has 0 spiro atoms. The number of ether oxygens (including phenoxy) is 2. The molecular weight excluding hydrogens is 452 g/mol. The molecule has 2 aromatic carbocycles. The quantitative estimate of drug-likeness (QED) is 0.545. The minimum absolute atomic E-state index is 0.131. The van der Waals surface area contributed by atoms with Crippen molar-refractivity contribution in [2.24, 2.45) is 0 Å². The lowest BCUT2D eigenvalue weighted by atomic mass is 10.1. The zero-order valence-electron chi connectivity index (χ0n) is 17.3. The Morgan fingerprint density at radius 3 is 2.48 bits per heavy atom. The molecule has 0 saturated carbocycles. The molecule has 0 radical (unpaired) electrons. The van der Waals surface area contributed by atoms with E-state index in [1.54, 1.807) is 24.3 Å². The summed E-state index contributed by atoms with van der Waals surface area (Å²) in [5.41, 5.74) is 0.991. The number of hydrogen-bond donors (Lipinski definition) is 2. The number of carbonyl (C=O) groups is 2. The largest absolute Gasteiger partial charge is 0.454 e. The van der Waals surface area contributed by atoms with Crippen LogP contribution in [0.15, 0.2) is 64.3 Å². The van der Waals surface area contributed by atoms with E-state index in [9.17, 15) is 22.8 Å². The highest BCUT2D eigenvalue weighted by Gasteiger charge is 2.17. The van der Waals surface area contributed by atoms with E-state index in [-0.39, 0.29) is 18.2 Å². The Balaban J connectivity index is 1.47. The first-order valence-electron chi connectivity index (χ1n) is 9.63. The molecule has 0 fully saturated rings. The number of carbonyl (C=O) groups excluding carboxylic acids is 2. The second-order valence-corrected chi connectivity index (χ2v) is 8.70. The van der Waals surface area contributed by atoms with Gasteiger partial charge in [0.1, 0.15) is 6.54 Å². The molecular formula is C21H18N4O7S. The molecule has 0 bridgehead atoms. The van der Waals surface area contributed by atoms with Crippen molar-refractivity contribution >= 4 is 27.5 Å². The maximum atomic E-state index is 12.4. The molecule has 1 aromatic heterocycles. The fourth-order valence-electron chi connectivity index (χ4n) is 3.07. The summed E-state index contributed by atoms with van der Waals surface area (Å²) in [5.74, 6) is -0.0747. The highest BCUT2D eigenvalue weighted by atomic mass is 32.2. The average Bonchev–Trinajstić information content (AvgIpc) is 3.22. The molecule has 0 unspecified atom stereocenters. The Hall–Kier alpha value is -4.19. The van der Waals surface area contributed by atoms with Gasteiger partial charge in [-0.15, -0.1) is 0 Å². The predicted octanol–water partition coefficient (Wildman–Crippen LogP) is 1.10. The molecule has 0 aliphatic carbocycles. The van der Waals surface area contributed by atoms with E-state index in [2.05, 4.69) is 10.4 Å². The van der Waals surface area contributed by atoms with Crippen LogP contribution in [0.4, 0.5) is 5.69 Å². The van der Waals surface area contributed by atoms with Gasteiger partial charge in [0.15, 0.2) is 11.5 Å². The van der Waals surface area contributed by atoms with Crippen LogP contribution in [0.5, 0.6) is 11.5 Å². The lowest BCUT2D eigenvalue weighted by Crippen LogP contribution is -2.29. The molecule has 1 aliphatic rings. The zero-order chi connectivity index (χ0) is 23.6. The Morgan fingerprint density at radius 1 is 1.03 bits per heavy atom. The Kier molecular flexibility index (Phi) is 5.84. The first-order chi connectivity index (χ1) is 15.7. The van der Waals surface area contributed by atoms with Crippen LogP contribution in [0.1, 0.15) is 6.92 Å². The summed E-state index contributed by atoms with van der Waals surface area (Å²) in [4.78, 5) is 35.5. The Labute approximate surface area is 188 Å². The third kappa shape index (κ3) is 5.01. The summed E-state index contributed by atoms with van der Waals surface area (Å²) in [6.45, 7) is 0.860. The highest BCUT2D eigenvalue weighted by Crippen LogP contribution is 2.35. The van der Waals surface area contributed by atoms with Crippen molar-refractivity contribution in [3.8, 4) is 22.8 Å². The number of amides is 2. The molecule has 3 aromatic rings. The monoisotopic (exact) mass is 470 g/mol. The number of nitrogens with zero attached hydrogens (tertiary/aromatic N) is 2. The Bertz CT molecular complexity index is 1400. The van der Waals surface area contributed by atoms with Crippen LogP contribution in [-0.2, 0) is 26.2 Å². The van der Waals surface area contributed by atoms with E-state index in [0.29, 0.717) is 28.4 Å². The average molecular weight is 470 g/mol. The third-order valence-electron chi connectivity index (χ3n) is 4.55. The number of hydrogen-bond acceptors (Lipinski definition) is 8. The normalized spacial score (nSPS) is 12.3. The summed E-state index contributed by atoms with van der Waals surface area (Å²) < 4.78 is 37.5. The molecule has 1 aliphatic heterocycles. The molecule has 33 heavy (non-hydrogen) atoms. The van der Waals surface area contributed by atoms with Gasteiger partial charge in [-0.2, -0.15) is 5.10 Å². The topological polar surface area (TPSA) is 146 Å². The number of benzene rings is 2. The number of fused-ring (bicyclic) bond motifs is 1. The SMILES string of the molecule is CC(=O)NS(=O)(=O)c1ccc(NC(=O)Cn2nc(-c3ccc4c(c3)OCO4)ccc2=O)cc1. The van der Waals surface area contributed by atoms with E-state index in [0.717, 1.165) is 11.6 Å². The van der Waals surface area contributed by atoms with Crippen LogP contribution >= 0.6 is 0 Å². The maximum absolute atomic E-state index is 12.4. The summed E-state index contributed by atoms with van der Waals surface area (Å²) in [5, 5.41) is 6.82.